The molecule has 5 aromatic rings. The van der Waals surface area contributed by atoms with Gasteiger partial charge < -0.3 is 5.32 Å². The molecule has 2 aliphatic heterocycles. The molecule has 0 amide bonds. The van der Waals surface area contributed by atoms with Gasteiger partial charge in [-0.3, -0.25) is 24.0 Å². The van der Waals surface area contributed by atoms with Crippen molar-refractivity contribution in [1.82, 2.24) is 49.3 Å². The number of piperidine rings is 2. The SMILES string of the molecule is O=c1[nH]c2nccnc2n1C1CCN(Cc2ccccc2)CC1.O=c1[nH]c2nccnc2n1C1CCNCC1. The van der Waals surface area contributed by atoms with E-state index in [4.69, 9.17) is 0 Å². The van der Waals surface area contributed by atoms with E-state index in [1.807, 2.05) is 6.07 Å². The summed E-state index contributed by atoms with van der Waals surface area (Å²) in [6, 6.07) is 10.9. The van der Waals surface area contributed by atoms with Gasteiger partial charge in [-0.1, -0.05) is 30.3 Å². The van der Waals surface area contributed by atoms with Gasteiger partial charge in [0, 0.05) is 56.5 Å². The third kappa shape index (κ3) is 5.38. The quantitative estimate of drug-likeness (QED) is 0.322. The Hall–Kier alpha value is -4.16. The predicted octanol–water partition coefficient (Wildman–Crippen LogP) is 2.00. The number of likely N-dealkylation sites (tertiary alicyclic amines) is 1. The summed E-state index contributed by atoms with van der Waals surface area (Å²) >= 11 is 0. The molecule has 12 heteroatoms. The number of imidazole rings is 2. The maximum atomic E-state index is 12.2. The molecule has 0 spiro atoms. The topological polar surface area (TPSA) is 142 Å². The van der Waals surface area contributed by atoms with Gasteiger partial charge in [0.1, 0.15) is 0 Å². The van der Waals surface area contributed by atoms with Crippen molar-refractivity contribution in [1.29, 1.82) is 0 Å². The largest absolute Gasteiger partial charge is 0.329 e. The van der Waals surface area contributed by atoms with Crippen LogP contribution in [0.4, 0.5) is 0 Å². The average molecular weight is 529 g/mol. The van der Waals surface area contributed by atoms with Crippen molar-refractivity contribution in [2.24, 2.45) is 0 Å². The van der Waals surface area contributed by atoms with Crippen LogP contribution in [-0.4, -0.2) is 70.1 Å². The summed E-state index contributed by atoms with van der Waals surface area (Å²) in [5.41, 5.74) is 3.61. The summed E-state index contributed by atoms with van der Waals surface area (Å²) in [6.07, 6.45) is 10.3. The van der Waals surface area contributed by atoms with Gasteiger partial charge in [0.2, 0.25) is 0 Å². The Morgan fingerprint density at radius 1 is 0.692 bits per heavy atom. The van der Waals surface area contributed by atoms with Crippen molar-refractivity contribution in [3.63, 3.8) is 0 Å². The second-order valence-electron chi connectivity index (χ2n) is 10.0. The van der Waals surface area contributed by atoms with Crippen LogP contribution in [0.5, 0.6) is 0 Å². The zero-order valence-corrected chi connectivity index (χ0v) is 21.7. The van der Waals surface area contributed by atoms with Gasteiger partial charge in [-0.15, -0.1) is 0 Å². The van der Waals surface area contributed by atoms with E-state index >= 15 is 0 Å². The fourth-order valence-corrected chi connectivity index (χ4v) is 5.63. The van der Waals surface area contributed by atoms with E-state index in [2.05, 4.69) is 64.4 Å². The minimum Gasteiger partial charge on any atom is -0.317 e. The second-order valence-corrected chi connectivity index (χ2v) is 10.0. The highest BCUT2D eigenvalue weighted by Crippen LogP contribution is 2.24. The van der Waals surface area contributed by atoms with Crippen LogP contribution in [0.3, 0.4) is 0 Å². The fourth-order valence-electron chi connectivity index (χ4n) is 5.63. The van der Waals surface area contributed by atoms with Crippen molar-refractivity contribution in [2.75, 3.05) is 26.2 Å². The zero-order valence-electron chi connectivity index (χ0n) is 21.7. The maximum absolute atomic E-state index is 12.2. The standard InChI is InChI=1S/C17H19N5O.C10H13N5O/c23-17-20-15-16(19-9-8-18-15)22(17)14-6-10-21(11-7-14)12-13-4-2-1-3-5-13;16-10-14-8-9(13-6-5-12-8)15(10)7-1-3-11-4-2-7/h1-5,8-9,14H,6-7,10-12H2,(H,18,20,23);5-7,11H,1-4H2,(H,12,14,16). The lowest BCUT2D eigenvalue weighted by Gasteiger charge is -2.32. The molecule has 3 N–H and O–H groups in total. The monoisotopic (exact) mass is 528 g/mol. The minimum absolute atomic E-state index is 0.104. The van der Waals surface area contributed by atoms with Crippen LogP contribution >= 0.6 is 0 Å². The van der Waals surface area contributed by atoms with Crippen LogP contribution in [-0.2, 0) is 6.54 Å². The van der Waals surface area contributed by atoms with Gasteiger partial charge >= 0.3 is 11.4 Å². The lowest BCUT2D eigenvalue weighted by atomic mass is 10.0. The molecular weight excluding hydrogens is 496 g/mol. The zero-order chi connectivity index (χ0) is 26.6. The van der Waals surface area contributed by atoms with Crippen molar-refractivity contribution in [2.45, 2.75) is 44.3 Å². The Kier molecular flexibility index (Phi) is 7.28. The van der Waals surface area contributed by atoms with Crippen molar-refractivity contribution in [3.05, 3.63) is 81.7 Å². The Morgan fingerprint density at radius 3 is 1.77 bits per heavy atom. The van der Waals surface area contributed by atoms with Gasteiger partial charge in [-0.05, 0) is 44.3 Å². The van der Waals surface area contributed by atoms with Crippen molar-refractivity contribution in [3.8, 4) is 0 Å². The van der Waals surface area contributed by atoms with E-state index in [1.165, 1.54) is 5.56 Å². The number of nitrogens with one attached hydrogen (secondary N) is 3. The molecular formula is C27H32N10O2. The lowest BCUT2D eigenvalue weighted by molar-refractivity contribution is 0.179. The van der Waals surface area contributed by atoms with E-state index in [0.29, 0.717) is 22.6 Å². The molecule has 6 heterocycles. The van der Waals surface area contributed by atoms with E-state index in [-0.39, 0.29) is 23.5 Å². The number of H-pyrrole nitrogens is 2. The van der Waals surface area contributed by atoms with Crippen LogP contribution in [0.25, 0.3) is 22.6 Å². The molecule has 39 heavy (non-hydrogen) atoms. The van der Waals surface area contributed by atoms with Gasteiger partial charge in [0.15, 0.2) is 22.6 Å². The average Bonchev–Trinajstić information content (AvgIpc) is 3.50. The van der Waals surface area contributed by atoms with Gasteiger partial charge in [-0.2, -0.15) is 0 Å². The first-order valence-corrected chi connectivity index (χ1v) is 13.5. The van der Waals surface area contributed by atoms with E-state index in [9.17, 15) is 9.59 Å². The number of benzene rings is 1. The molecule has 1 aromatic carbocycles. The number of hydrogen-bond acceptors (Lipinski definition) is 8. The molecule has 0 atom stereocenters. The fraction of sp³-hybridized carbons (Fsp3) is 0.407. The van der Waals surface area contributed by atoms with E-state index in [1.54, 1.807) is 33.9 Å². The highest BCUT2D eigenvalue weighted by atomic mass is 16.1. The molecule has 0 bridgehead atoms. The second kappa shape index (κ2) is 11.3. The highest BCUT2D eigenvalue weighted by molar-refractivity contribution is 5.65. The molecule has 0 aliphatic carbocycles. The Balaban J connectivity index is 0.000000151. The summed E-state index contributed by atoms with van der Waals surface area (Å²) in [5.74, 6) is 0. The summed E-state index contributed by atoms with van der Waals surface area (Å²) < 4.78 is 3.52. The predicted molar refractivity (Wildman–Crippen MR) is 147 cm³/mol. The molecule has 12 nitrogen and oxygen atoms in total. The highest BCUT2D eigenvalue weighted by Gasteiger charge is 2.24. The molecule has 0 saturated carbocycles. The first-order valence-electron chi connectivity index (χ1n) is 13.5. The number of hydrogen-bond donors (Lipinski definition) is 3. The molecule has 2 fully saturated rings. The summed E-state index contributed by atoms with van der Waals surface area (Å²) in [5, 5.41) is 3.28. The number of aromatic nitrogens is 8. The van der Waals surface area contributed by atoms with Gasteiger partial charge in [0.25, 0.3) is 0 Å². The lowest BCUT2D eigenvalue weighted by Crippen LogP contribution is -2.36. The van der Waals surface area contributed by atoms with Crippen LogP contribution in [0.15, 0.2) is 64.7 Å². The number of rotatable bonds is 4. The first kappa shape index (κ1) is 25.1. The first-order chi connectivity index (χ1) is 19.2. The summed E-state index contributed by atoms with van der Waals surface area (Å²) in [6.45, 7) is 4.84. The van der Waals surface area contributed by atoms with Crippen molar-refractivity contribution >= 4 is 22.6 Å². The van der Waals surface area contributed by atoms with Gasteiger partial charge in [0.05, 0.1) is 0 Å². The molecule has 2 aliphatic rings. The molecule has 202 valence electrons. The Labute approximate surface area is 224 Å². The summed E-state index contributed by atoms with van der Waals surface area (Å²) in [4.78, 5) is 48.9. The van der Waals surface area contributed by atoms with E-state index in [0.717, 1.165) is 58.4 Å². The van der Waals surface area contributed by atoms with Gasteiger partial charge in [-0.25, -0.2) is 29.5 Å². The smallest absolute Gasteiger partial charge is 0.317 e. The summed E-state index contributed by atoms with van der Waals surface area (Å²) in [7, 11) is 0. The minimum atomic E-state index is -0.104. The third-order valence-electron chi connectivity index (χ3n) is 7.55. The number of nitrogens with zero attached hydrogens (tertiary/aromatic N) is 7. The van der Waals surface area contributed by atoms with Crippen LogP contribution in [0.1, 0.15) is 43.3 Å². The molecule has 4 aromatic heterocycles. The Bertz CT molecular complexity index is 1640. The number of fused-ring (bicyclic) bond motifs is 2. The molecule has 0 radical (unpaired) electrons. The third-order valence-corrected chi connectivity index (χ3v) is 7.55. The Morgan fingerprint density at radius 2 is 1.21 bits per heavy atom. The van der Waals surface area contributed by atoms with Crippen LogP contribution in [0, 0.1) is 0 Å². The van der Waals surface area contributed by atoms with Crippen molar-refractivity contribution < 1.29 is 0 Å². The maximum Gasteiger partial charge on any atom is 0.329 e. The number of aromatic amines is 2. The molecule has 2 saturated heterocycles. The van der Waals surface area contributed by atoms with Crippen LogP contribution < -0.4 is 16.7 Å². The van der Waals surface area contributed by atoms with Crippen LogP contribution in [0.2, 0.25) is 0 Å². The van der Waals surface area contributed by atoms with E-state index < -0.39 is 0 Å². The normalized spacial score (nSPS) is 17.3. The molecule has 0 unspecified atom stereocenters. The molecule has 7 rings (SSSR count).